The summed E-state index contributed by atoms with van der Waals surface area (Å²) < 4.78 is 0. The van der Waals surface area contributed by atoms with Crippen molar-refractivity contribution in [1.29, 1.82) is 0 Å². The van der Waals surface area contributed by atoms with Gasteiger partial charge in [0, 0.05) is 0 Å². The fourth-order valence-corrected chi connectivity index (χ4v) is 5.12. The second kappa shape index (κ2) is 7.94. The van der Waals surface area contributed by atoms with Gasteiger partial charge in [-0.1, -0.05) is 52.1 Å². The molecular formula is C15H14Cl2PZr. The number of fused-ring (bicyclic) bond motifs is 1. The van der Waals surface area contributed by atoms with Gasteiger partial charge in [-0.3, -0.25) is 0 Å². The Morgan fingerprint density at radius 1 is 1.11 bits per heavy atom. The average molecular weight is 387 g/mol. The number of halogens is 2. The smallest absolute Gasteiger partial charge is 1.00 e. The monoisotopic (exact) mass is 385 g/mol. The molecule has 19 heavy (non-hydrogen) atoms. The minimum absolute atomic E-state index is 0. The van der Waals surface area contributed by atoms with E-state index < -0.39 is 0 Å². The van der Waals surface area contributed by atoms with E-state index in [4.69, 9.17) is 0 Å². The van der Waals surface area contributed by atoms with Gasteiger partial charge in [-0.2, -0.15) is 17.7 Å². The zero-order chi connectivity index (χ0) is 11.1. The van der Waals surface area contributed by atoms with Crippen molar-refractivity contribution in [3.05, 3.63) is 65.0 Å². The predicted molar refractivity (Wildman–Crippen MR) is 71.1 cm³/mol. The van der Waals surface area contributed by atoms with Crippen LogP contribution in [-0.2, 0) is 26.2 Å². The summed E-state index contributed by atoms with van der Waals surface area (Å²) in [6.45, 7) is 4.46. The maximum atomic E-state index is 3.45. The summed E-state index contributed by atoms with van der Waals surface area (Å²) in [6, 6.07) is 10.9. The molecule has 3 rings (SSSR count). The first-order chi connectivity index (χ1) is 7.75. The quantitative estimate of drug-likeness (QED) is 0.378. The zero-order valence-electron chi connectivity index (χ0n) is 10.8. The van der Waals surface area contributed by atoms with Gasteiger partial charge < -0.3 is 24.8 Å². The molecule has 2 atom stereocenters. The van der Waals surface area contributed by atoms with Crippen molar-refractivity contribution in [1.82, 2.24) is 0 Å². The van der Waals surface area contributed by atoms with Crippen LogP contribution in [0.3, 0.4) is 0 Å². The Morgan fingerprint density at radius 3 is 2.37 bits per heavy atom. The molecule has 0 spiro atoms. The number of hydrogen-bond acceptors (Lipinski definition) is 0. The third-order valence-electron chi connectivity index (χ3n) is 3.07. The molecule has 0 amide bonds. The van der Waals surface area contributed by atoms with E-state index >= 15 is 0 Å². The van der Waals surface area contributed by atoms with E-state index in [1.165, 1.54) is 21.8 Å². The van der Waals surface area contributed by atoms with Crippen molar-refractivity contribution in [2.24, 2.45) is 0 Å². The van der Waals surface area contributed by atoms with E-state index in [9.17, 15) is 0 Å². The van der Waals surface area contributed by atoms with Crippen molar-refractivity contribution in [2.45, 2.75) is 19.5 Å². The van der Waals surface area contributed by atoms with Gasteiger partial charge >= 0.3 is 26.2 Å². The molecule has 0 nitrogen and oxygen atoms in total. The van der Waals surface area contributed by atoms with E-state index in [2.05, 4.69) is 62.4 Å². The minimum atomic E-state index is -0.183. The van der Waals surface area contributed by atoms with Crippen LogP contribution in [-0.4, -0.2) is 5.66 Å². The Bertz CT molecular complexity index is 520. The van der Waals surface area contributed by atoms with Gasteiger partial charge in [-0.25, -0.2) is 0 Å². The Labute approximate surface area is 148 Å². The van der Waals surface area contributed by atoms with Crippen molar-refractivity contribution in [3.63, 3.8) is 0 Å². The SMILES string of the molecule is CC1=[C-]C2=CC(C)P(c3ccccc3)C2=C1.[Cl-].[Cl-].[Zr+3]. The molecule has 1 radical (unpaired) electrons. The summed E-state index contributed by atoms with van der Waals surface area (Å²) in [4.78, 5) is 0. The van der Waals surface area contributed by atoms with E-state index in [0.29, 0.717) is 5.66 Å². The van der Waals surface area contributed by atoms with Gasteiger partial charge in [0.25, 0.3) is 0 Å². The van der Waals surface area contributed by atoms with E-state index in [-0.39, 0.29) is 58.9 Å². The largest absolute Gasteiger partial charge is 3.00 e. The van der Waals surface area contributed by atoms with Crippen molar-refractivity contribution in [3.8, 4) is 0 Å². The molecule has 0 bridgehead atoms. The van der Waals surface area contributed by atoms with Crippen LogP contribution in [0.4, 0.5) is 0 Å². The summed E-state index contributed by atoms with van der Waals surface area (Å²) in [7, 11) is -0.183. The summed E-state index contributed by atoms with van der Waals surface area (Å²) in [5.41, 5.74) is 3.27. The summed E-state index contributed by atoms with van der Waals surface area (Å²) >= 11 is 0. The third kappa shape index (κ3) is 3.70. The molecule has 1 aromatic rings. The number of hydrogen-bond donors (Lipinski definition) is 0. The van der Waals surface area contributed by atoms with Crippen molar-refractivity contribution in [2.75, 3.05) is 0 Å². The van der Waals surface area contributed by atoms with Crippen LogP contribution in [0.1, 0.15) is 13.8 Å². The predicted octanol–water partition coefficient (Wildman–Crippen LogP) is -2.23. The molecule has 1 aliphatic heterocycles. The fraction of sp³-hybridized carbons (Fsp3) is 0.200. The molecule has 2 unspecified atom stereocenters. The maximum absolute atomic E-state index is 3.45. The molecule has 1 aromatic carbocycles. The van der Waals surface area contributed by atoms with Gasteiger partial charge in [-0.05, 0) is 11.0 Å². The van der Waals surface area contributed by atoms with Gasteiger partial charge in [0.1, 0.15) is 0 Å². The zero-order valence-corrected chi connectivity index (χ0v) is 15.7. The van der Waals surface area contributed by atoms with Crippen LogP contribution in [0, 0.1) is 6.08 Å². The Morgan fingerprint density at radius 2 is 1.74 bits per heavy atom. The van der Waals surface area contributed by atoms with E-state index in [1.807, 2.05) is 0 Å². The summed E-state index contributed by atoms with van der Waals surface area (Å²) in [5, 5.41) is 3.00. The van der Waals surface area contributed by atoms with Crippen molar-refractivity contribution < 1.29 is 51.0 Å². The molecule has 97 valence electrons. The second-order valence-corrected chi connectivity index (χ2v) is 6.92. The van der Waals surface area contributed by atoms with Crippen LogP contribution in [0.25, 0.3) is 0 Å². The van der Waals surface area contributed by atoms with Gasteiger partial charge in [0.2, 0.25) is 0 Å². The Hall–Kier alpha value is 0.333. The molecule has 0 saturated heterocycles. The van der Waals surface area contributed by atoms with Crippen LogP contribution in [0.5, 0.6) is 0 Å². The fourth-order valence-electron chi connectivity index (χ4n) is 2.42. The number of benzene rings is 1. The topological polar surface area (TPSA) is 0 Å². The molecule has 0 N–H and O–H groups in total. The molecule has 2 aliphatic rings. The normalized spacial score (nSPS) is 22.9. The molecule has 0 aromatic heterocycles. The van der Waals surface area contributed by atoms with Gasteiger partial charge in [-0.15, -0.1) is 17.0 Å². The molecule has 1 aliphatic carbocycles. The summed E-state index contributed by atoms with van der Waals surface area (Å²) in [6.07, 6.45) is 8.14. The molecule has 4 heteroatoms. The Kier molecular flexibility index (Phi) is 8.08. The average Bonchev–Trinajstić information content (AvgIpc) is 2.74. The molecule has 0 fully saturated rings. The first-order valence-electron chi connectivity index (χ1n) is 5.64. The Balaban J connectivity index is 0.00000108. The molecule has 1 heterocycles. The standard InChI is InChI=1S/C15H14P.2ClH.Zr/c1-11-8-13-10-12(2)16(15(13)9-11)14-6-4-3-5-7-14;;;/h3-7,9-10,12H,1-2H3;2*1H;/q-1;;;+3/p-2. The van der Waals surface area contributed by atoms with Crippen LogP contribution in [0.2, 0.25) is 0 Å². The number of rotatable bonds is 1. The maximum Gasteiger partial charge on any atom is 3.00 e. The van der Waals surface area contributed by atoms with Crippen LogP contribution >= 0.6 is 7.92 Å². The first-order valence-corrected chi connectivity index (χ1v) is 7.05. The first kappa shape index (κ1) is 19.3. The van der Waals surface area contributed by atoms with E-state index in [0.717, 1.165) is 0 Å². The van der Waals surface area contributed by atoms with Crippen molar-refractivity contribution >= 4 is 13.2 Å². The van der Waals surface area contributed by atoms with Gasteiger partial charge in [0.15, 0.2) is 0 Å². The van der Waals surface area contributed by atoms with Crippen LogP contribution in [0.15, 0.2) is 58.9 Å². The van der Waals surface area contributed by atoms with Gasteiger partial charge in [0.05, 0.1) is 0 Å². The third-order valence-corrected chi connectivity index (χ3v) is 5.78. The molecular weight excluding hydrogens is 373 g/mol. The summed E-state index contributed by atoms with van der Waals surface area (Å²) in [5.74, 6) is 0. The van der Waals surface area contributed by atoms with E-state index in [1.54, 1.807) is 0 Å². The second-order valence-electron chi connectivity index (χ2n) is 4.36. The molecule has 0 saturated carbocycles. The minimum Gasteiger partial charge on any atom is -1.00 e. The number of allylic oxidation sites excluding steroid dienone is 6. The van der Waals surface area contributed by atoms with Crippen LogP contribution < -0.4 is 30.1 Å².